The Morgan fingerprint density at radius 2 is 1.91 bits per heavy atom. The molecule has 0 N–H and O–H groups in total. The Bertz CT molecular complexity index is 216. The van der Waals surface area contributed by atoms with Gasteiger partial charge in [-0.05, 0) is 41.4 Å². The highest BCUT2D eigenvalue weighted by atomic mass is 14.9. The predicted octanol–water partition coefficient (Wildman–Crippen LogP) is 3.08. The molecule has 0 bridgehead atoms. The summed E-state index contributed by atoms with van der Waals surface area (Å²) in [5, 5.41) is 0. The first-order chi connectivity index (χ1) is 5.11. The van der Waals surface area contributed by atoms with Crippen LogP contribution in [0.25, 0.3) is 0 Å². The molecule has 0 heteroatoms. The molecule has 3 fully saturated rings. The molecule has 0 aromatic carbocycles. The Kier molecular flexibility index (Phi) is 0.832. The highest BCUT2D eigenvalue weighted by molar-refractivity contribution is 5.31. The van der Waals surface area contributed by atoms with Crippen LogP contribution in [0.4, 0.5) is 0 Å². The van der Waals surface area contributed by atoms with Crippen LogP contribution in [-0.2, 0) is 0 Å². The van der Waals surface area contributed by atoms with Crippen LogP contribution in [0.15, 0.2) is 0 Å². The average Bonchev–Trinajstić information content (AvgIpc) is 2.72. The minimum Gasteiger partial charge on any atom is -0.0622 e. The van der Waals surface area contributed by atoms with E-state index in [0.29, 0.717) is 0 Å². The van der Waals surface area contributed by atoms with Gasteiger partial charge in [0.1, 0.15) is 0 Å². The summed E-state index contributed by atoms with van der Waals surface area (Å²) in [7, 11) is 0. The topological polar surface area (TPSA) is 0 Å². The van der Waals surface area contributed by atoms with Gasteiger partial charge in [0.25, 0.3) is 0 Å². The highest BCUT2D eigenvalue weighted by Crippen LogP contribution is 2.89. The molecule has 0 saturated heterocycles. The molecule has 0 aliphatic heterocycles. The molecule has 62 valence electrons. The third-order valence-electron chi connectivity index (χ3n) is 5.27. The van der Waals surface area contributed by atoms with E-state index in [1.807, 2.05) is 0 Å². The van der Waals surface area contributed by atoms with E-state index in [1.54, 1.807) is 6.42 Å². The van der Waals surface area contributed by atoms with Crippen molar-refractivity contribution in [3.05, 3.63) is 0 Å². The summed E-state index contributed by atoms with van der Waals surface area (Å²) >= 11 is 0. The molecule has 0 heterocycles. The summed E-state index contributed by atoms with van der Waals surface area (Å²) < 4.78 is 0. The van der Waals surface area contributed by atoms with Crippen molar-refractivity contribution < 1.29 is 0 Å². The average molecular weight is 150 g/mol. The van der Waals surface area contributed by atoms with Crippen molar-refractivity contribution in [3.8, 4) is 0 Å². The van der Waals surface area contributed by atoms with Crippen molar-refractivity contribution in [2.24, 2.45) is 28.6 Å². The number of hydrogen-bond acceptors (Lipinski definition) is 0. The first kappa shape index (κ1) is 6.51. The first-order valence-corrected chi connectivity index (χ1v) is 5.11. The zero-order valence-electron chi connectivity index (χ0n) is 7.85. The molecular weight excluding hydrogens is 132 g/mol. The molecule has 0 aromatic rings. The van der Waals surface area contributed by atoms with Crippen LogP contribution in [0.5, 0.6) is 0 Å². The van der Waals surface area contributed by atoms with Gasteiger partial charge in [-0.15, -0.1) is 0 Å². The van der Waals surface area contributed by atoms with Crippen molar-refractivity contribution >= 4 is 0 Å². The van der Waals surface area contributed by atoms with Crippen LogP contribution >= 0.6 is 0 Å². The van der Waals surface area contributed by atoms with Gasteiger partial charge < -0.3 is 0 Å². The third-order valence-corrected chi connectivity index (χ3v) is 5.27. The van der Waals surface area contributed by atoms with Gasteiger partial charge in [0.15, 0.2) is 0 Å². The summed E-state index contributed by atoms with van der Waals surface area (Å²) in [5.74, 6) is 3.31. The summed E-state index contributed by atoms with van der Waals surface area (Å²) in [6, 6.07) is 0. The number of rotatable bonds is 0. The van der Waals surface area contributed by atoms with Crippen LogP contribution in [0.1, 0.15) is 40.0 Å². The molecule has 11 heavy (non-hydrogen) atoms. The minimum atomic E-state index is 0.739. The zero-order chi connectivity index (χ0) is 7.85. The maximum absolute atomic E-state index is 2.50. The van der Waals surface area contributed by atoms with Crippen molar-refractivity contribution in [2.45, 2.75) is 40.0 Å². The summed E-state index contributed by atoms with van der Waals surface area (Å²) in [5.41, 5.74) is 1.62. The first-order valence-electron chi connectivity index (χ1n) is 5.11. The molecule has 1 spiro atoms. The van der Waals surface area contributed by atoms with E-state index in [9.17, 15) is 0 Å². The Morgan fingerprint density at radius 3 is 2.55 bits per heavy atom. The fraction of sp³-hybridized carbons (Fsp3) is 1.00. The van der Waals surface area contributed by atoms with Crippen molar-refractivity contribution in [2.75, 3.05) is 0 Å². The fourth-order valence-corrected chi connectivity index (χ4v) is 4.41. The lowest BCUT2D eigenvalue weighted by molar-refractivity contribution is 0.354. The van der Waals surface area contributed by atoms with Gasteiger partial charge in [-0.3, -0.25) is 0 Å². The van der Waals surface area contributed by atoms with Crippen molar-refractivity contribution in [3.63, 3.8) is 0 Å². The smallest absolute Gasteiger partial charge is 0.0176 e. The van der Waals surface area contributed by atoms with Gasteiger partial charge in [0.05, 0.1) is 0 Å². The SMILES string of the molecule is CC1CCC2C(C)(C)C23CC13. The highest BCUT2D eigenvalue weighted by Gasteiger charge is 2.83. The Morgan fingerprint density at radius 1 is 1.18 bits per heavy atom. The molecule has 3 saturated carbocycles. The normalized spacial score (nSPS) is 63.0. The molecule has 3 aliphatic carbocycles. The second-order valence-electron chi connectivity index (χ2n) is 5.68. The Balaban J connectivity index is 1.95. The molecule has 4 unspecified atom stereocenters. The standard InChI is InChI=1S/C11H18/c1-7-4-5-9-10(2,3)11(9)6-8(7)11/h7-9H,4-6H2,1-3H3. The third kappa shape index (κ3) is 0.467. The van der Waals surface area contributed by atoms with E-state index in [4.69, 9.17) is 0 Å². The molecule has 4 atom stereocenters. The van der Waals surface area contributed by atoms with Crippen LogP contribution in [0, 0.1) is 28.6 Å². The maximum atomic E-state index is 2.50. The molecule has 0 radical (unpaired) electrons. The van der Waals surface area contributed by atoms with Crippen LogP contribution in [0.3, 0.4) is 0 Å². The lowest BCUT2D eigenvalue weighted by Crippen LogP contribution is -2.06. The monoisotopic (exact) mass is 150 g/mol. The molecule has 3 aliphatic rings. The second-order valence-corrected chi connectivity index (χ2v) is 5.68. The van der Waals surface area contributed by atoms with E-state index < -0.39 is 0 Å². The van der Waals surface area contributed by atoms with Crippen molar-refractivity contribution in [1.29, 1.82) is 0 Å². The molecule has 3 rings (SSSR count). The van der Waals surface area contributed by atoms with E-state index in [0.717, 1.165) is 28.6 Å². The summed E-state index contributed by atoms with van der Waals surface area (Å²) in [4.78, 5) is 0. The van der Waals surface area contributed by atoms with E-state index in [1.165, 1.54) is 12.8 Å². The van der Waals surface area contributed by atoms with Gasteiger partial charge in [-0.2, -0.15) is 0 Å². The molecule has 0 aromatic heterocycles. The van der Waals surface area contributed by atoms with Crippen LogP contribution in [-0.4, -0.2) is 0 Å². The van der Waals surface area contributed by atoms with E-state index in [-0.39, 0.29) is 0 Å². The Labute approximate surface area is 69.4 Å². The fourth-order valence-electron chi connectivity index (χ4n) is 4.41. The van der Waals surface area contributed by atoms with Crippen molar-refractivity contribution in [1.82, 2.24) is 0 Å². The lowest BCUT2D eigenvalue weighted by Gasteiger charge is -2.14. The summed E-state index contributed by atoms with van der Waals surface area (Å²) in [6.45, 7) is 7.45. The summed E-state index contributed by atoms with van der Waals surface area (Å²) in [6.07, 6.45) is 4.62. The quantitative estimate of drug-likeness (QED) is 0.498. The zero-order valence-corrected chi connectivity index (χ0v) is 7.85. The Hall–Kier alpha value is 0. The van der Waals surface area contributed by atoms with Crippen LogP contribution in [0.2, 0.25) is 0 Å². The van der Waals surface area contributed by atoms with E-state index in [2.05, 4.69) is 20.8 Å². The van der Waals surface area contributed by atoms with Gasteiger partial charge >= 0.3 is 0 Å². The molecular formula is C11H18. The minimum absolute atomic E-state index is 0.739. The molecule has 0 nitrogen and oxygen atoms in total. The van der Waals surface area contributed by atoms with E-state index >= 15 is 0 Å². The predicted molar refractivity (Wildman–Crippen MR) is 46.2 cm³/mol. The largest absolute Gasteiger partial charge is 0.0622 e. The maximum Gasteiger partial charge on any atom is -0.0176 e. The van der Waals surface area contributed by atoms with Gasteiger partial charge in [-0.1, -0.05) is 27.2 Å². The second kappa shape index (κ2) is 1.41. The lowest BCUT2D eigenvalue weighted by atomic mass is 9.91. The molecule has 0 amide bonds. The van der Waals surface area contributed by atoms with Crippen LogP contribution < -0.4 is 0 Å². The van der Waals surface area contributed by atoms with Gasteiger partial charge in [-0.25, -0.2) is 0 Å². The van der Waals surface area contributed by atoms with Gasteiger partial charge in [0, 0.05) is 0 Å². The number of hydrogen-bond donors (Lipinski definition) is 0. The van der Waals surface area contributed by atoms with Gasteiger partial charge in [0.2, 0.25) is 0 Å².